The van der Waals surface area contributed by atoms with E-state index in [1.54, 1.807) is 7.11 Å². The van der Waals surface area contributed by atoms with Gasteiger partial charge >= 0.3 is 5.97 Å². The van der Waals surface area contributed by atoms with Crippen LogP contribution in [0.4, 0.5) is 0 Å². The van der Waals surface area contributed by atoms with Crippen molar-refractivity contribution in [3.63, 3.8) is 0 Å². The topological polar surface area (TPSA) is 38.8 Å². The molecule has 1 heterocycles. The fourth-order valence-corrected chi connectivity index (χ4v) is 2.67. The molecule has 2 rings (SSSR count). The standard InChI is InChI=1S/C15H21NO3/c1-16-9-8-11-10-12(18-2)4-5-13(11)14(16)6-7-15(17)19-3/h4-5,10,14H,6-9H2,1-3H3. The minimum Gasteiger partial charge on any atom is -0.497 e. The van der Waals surface area contributed by atoms with Crippen molar-refractivity contribution in [3.05, 3.63) is 29.3 Å². The molecule has 19 heavy (non-hydrogen) atoms. The van der Waals surface area contributed by atoms with E-state index in [1.165, 1.54) is 18.2 Å². The first-order valence-corrected chi connectivity index (χ1v) is 6.59. The third-order valence-corrected chi connectivity index (χ3v) is 3.82. The minimum absolute atomic E-state index is 0.144. The molecule has 1 aromatic carbocycles. The fraction of sp³-hybridized carbons (Fsp3) is 0.533. The number of fused-ring (bicyclic) bond motifs is 1. The lowest BCUT2D eigenvalue weighted by Gasteiger charge is -2.34. The number of ether oxygens (including phenoxy) is 2. The largest absolute Gasteiger partial charge is 0.497 e. The first-order chi connectivity index (χ1) is 9.15. The molecule has 0 amide bonds. The van der Waals surface area contributed by atoms with Crippen LogP contribution in [0.15, 0.2) is 18.2 Å². The van der Waals surface area contributed by atoms with E-state index in [1.807, 2.05) is 6.07 Å². The molecule has 1 aliphatic rings. The molecular formula is C15H21NO3. The molecule has 4 heteroatoms. The number of carbonyl (C=O) groups is 1. The molecule has 0 aliphatic carbocycles. The number of carbonyl (C=O) groups excluding carboxylic acids is 1. The van der Waals surface area contributed by atoms with Gasteiger partial charge in [0.15, 0.2) is 0 Å². The summed E-state index contributed by atoms with van der Waals surface area (Å²) in [6.07, 6.45) is 2.28. The van der Waals surface area contributed by atoms with E-state index in [0.29, 0.717) is 6.42 Å². The molecular weight excluding hydrogens is 242 g/mol. The number of hydrogen-bond donors (Lipinski definition) is 0. The lowest BCUT2D eigenvalue weighted by molar-refractivity contribution is -0.141. The fourth-order valence-electron chi connectivity index (χ4n) is 2.67. The van der Waals surface area contributed by atoms with Crippen molar-refractivity contribution >= 4 is 5.97 Å². The molecule has 104 valence electrons. The van der Waals surface area contributed by atoms with Crippen molar-refractivity contribution in [1.29, 1.82) is 0 Å². The van der Waals surface area contributed by atoms with Crippen LogP contribution in [0.5, 0.6) is 5.75 Å². The Kier molecular flexibility index (Phi) is 4.43. The van der Waals surface area contributed by atoms with Gasteiger partial charge < -0.3 is 9.47 Å². The van der Waals surface area contributed by atoms with Gasteiger partial charge in [-0.05, 0) is 43.1 Å². The molecule has 0 aromatic heterocycles. The zero-order valence-electron chi connectivity index (χ0n) is 11.8. The van der Waals surface area contributed by atoms with Gasteiger partial charge in [-0.25, -0.2) is 0 Å². The van der Waals surface area contributed by atoms with E-state index in [0.717, 1.165) is 25.1 Å². The lowest BCUT2D eigenvalue weighted by atomic mass is 9.90. The predicted molar refractivity (Wildman–Crippen MR) is 73.3 cm³/mol. The average Bonchev–Trinajstić information content (AvgIpc) is 2.45. The van der Waals surface area contributed by atoms with E-state index < -0.39 is 0 Å². The average molecular weight is 263 g/mol. The van der Waals surface area contributed by atoms with Gasteiger partial charge in [-0.3, -0.25) is 9.69 Å². The molecule has 1 aliphatic heterocycles. The number of likely N-dealkylation sites (N-methyl/N-ethyl adjacent to an activating group) is 1. The van der Waals surface area contributed by atoms with Gasteiger partial charge in [-0.1, -0.05) is 6.07 Å². The maximum atomic E-state index is 11.3. The molecule has 1 unspecified atom stereocenters. The summed E-state index contributed by atoms with van der Waals surface area (Å²) in [7, 11) is 5.23. The zero-order chi connectivity index (χ0) is 13.8. The summed E-state index contributed by atoms with van der Waals surface area (Å²) in [6.45, 7) is 1.01. The highest BCUT2D eigenvalue weighted by atomic mass is 16.5. The van der Waals surface area contributed by atoms with Crippen LogP contribution in [0.25, 0.3) is 0 Å². The number of hydrogen-bond acceptors (Lipinski definition) is 4. The quantitative estimate of drug-likeness (QED) is 0.780. The van der Waals surface area contributed by atoms with Crippen LogP contribution in [0.3, 0.4) is 0 Å². The smallest absolute Gasteiger partial charge is 0.305 e. The Labute approximate surface area is 114 Å². The summed E-state index contributed by atoms with van der Waals surface area (Å²) < 4.78 is 9.99. The van der Waals surface area contributed by atoms with Crippen LogP contribution < -0.4 is 4.74 Å². The second-order valence-corrected chi connectivity index (χ2v) is 4.93. The molecule has 0 bridgehead atoms. The van der Waals surface area contributed by atoms with Crippen LogP contribution in [-0.4, -0.2) is 38.7 Å². The van der Waals surface area contributed by atoms with Gasteiger partial charge in [0.05, 0.1) is 14.2 Å². The summed E-state index contributed by atoms with van der Waals surface area (Å²) in [4.78, 5) is 13.6. The third-order valence-electron chi connectivity index (χ3n) is 3.82. The highest BCUT2D eigenvalue weighted by molar-refractivity contribution is 5.69. The van der Waals surface area contributed by atoms with Crippen LogP contribution >= 0.6 is 0 Å². The van der Waals surface area contributed by atoms with E-state index in [2.05, 4.69) is 24.1 Å². The normalized spacial score (nSPS) is 18.8. The van der Waals surface area contributed by atoms with E-state index in [9.17, 15) is 4.79 Å². The van der Waals surface area contributed by atoms with Crippen LogP contribution in [0.1, 0.15) is 30.0 Å². The van der Waals surface area contributed by atoms with Crippen molar-refractivity contribution in [2.75, 3.05) is 27.8 Å². The Morgan fingerprint density at radius 1 is 1.42 bits per heavy atom. The SMILES string of the molecule is COC(=O)CCC1c2ccc(OC)cc2CCN1C. The molecule has 1 aromatic rings. The van der Waals surface area contributed by atoms with Crippen LogP contribution in [0.2, 0.25) is 0 Å². The summed E-state index contributed by atoms with van der Waals surface area (Å²) in [5, 5.41) is 0. The van der Waals surface area contributed by atoms with Gasteiger partial charge in [-0.2, -0.15) is 0 Å². The molecule has 4 nitrogen and oxygen atoms in total. The van der Waals surface area contributed by atoms with E-state index in [4.69, 9.17) is 9.47 Å². The zero-order valence-corrected chi connectivity index (χ0v) is 11.8. The molecule has 0 fully saturated rings. The van der Waals surface area contributed by atoms with Gasteiger partial charge in [0.2, 0.25) is 0 Å². The van der Waals surface area contributed by atoms with Gasteiger partial charge in [0, 0.05) is 19.0 Å². The first-order valence-electron chi connectivity index (χ1n) is 6.59. The highest BCUT2D eigenvalue weighted by Gasteiger charge is 2.25. The highest BCUT2D eigenvalue weighted by Crippen LogP contribution is 2.34. The Bertz CT molecular complexity index is 459. The molecule has 0 saturated carbocycles. The number of benzene rings is 1. The molecule has 0 saturated heterocycles. The number of esters is 1. The van der Waals surface area contributed by atoms with E-state index >= 15 is 0 Å². The predicted octanol–water partition coefficient (Wildman–Crippen LogP) is 2.18. The number of nitrogens with zero attached hydrogens (tertiary/aromatic N) is 1. The van der Waals surface area contributed by atoms with Gasteiger partial charge in [0.25, 0.3) is 0 Å². The molecule has 1 atom stereocenters. The Morgan fingerprint density at radius 2 is 2.21 bits per heavy atom. The van der Waals surface area contributed by atoms with Crippen molar-refractivity contribution in [3.8, 4) is 5.75 Å². The molecule has 0 spiro atoms. The first kappa shape index (κ1) is 13.9. The summed E-state index contributed by atoms with van der Waals surface area (Å²) in [5.74, 6) is 0.754. The van der Waals surface area contributed by atoms with Crippen molar-refractivity contribution in [2.45, 2.75) is 25.3 Å². The third kappa shape index (κ3) is 3.07. The Hall–Kier alpha value is -1.55. The molecule has 0 radical (unpaired) electrons. The Balaban J connectivity index is 2.18. The van der Waals surface area contributed by atoms with Crippen molar-refractivity contribution in [2.24, 2.45) is 0 Å². The minimum atomic E-state index is -0.144. The lowest BCUT2D eigenvalue weighted by Crippen LogP contribution is -2.32. The summed E-state index contributed by atoms with van der Waals surface area (Å²) in [5.41, 5.74) is 2.63. The maximum absolute atomic E-state index is 11.3. The molecule has 0 N–H and O–H groups in total. The van der Waals surface area contributed by atoms with Crippen molar-refractivity contribution in [1.82, 2.24) is 4.90 Å². The summed E-state index contributed by atoms with van der Waals surface area (Å²) in [6, 6.07) is 6.50. The second-order valence-electron chi connectivity index (χ2n) is 4.93. The maximum Gasteiger partial charge on any atom is 0.305 e. The van der Waals surface area contributed by atoms with Gasteiger partial charge in [0.1, 0.15) is 5.75 Å². The number of rotatable bonds is 4. The van der Waals surface area contributed by atoms with Gasteiger partial charge in [-0.15, -0.1) is 0 Å². The second kappa shape index (κ2) is 6.06. The van der Waals surface area contributed by atoms with Crippen LogP contribution in [0, 0.1) is 0 Å². The van der Waals surface area contributed by atoms with Crippen LogP contribution in [-0.2, 0) is 16.0 Å². The monoisotopic (exact) mass is 263 g/mol. The number of methoxy groups -OCH3 is 2. The van der Waals surface area contributed by atoms with Crippen molar-refractivity contribution < 1.29 is 14.3 Å². The Morgan fingerprint density at radius 3 is 2.89 bits per heavy atom. The summed E-state index contributed by atoms with van der Waals surface area (Å²) >= 11 is 0. The van der Waals surface area contributed by atoms with E-state index in [-0.39, 0.29) is 12.0 Å².